The summed E-state index contributed by atoms with van der Waals surface area (Å²) in [4.78, 5) is 25.2. The molecule has 6 heteroatoms. The summed E-state index contributed by atoms with van der Waals surface area (Å²) in [5.41, 5.74) is 2.75. The number of aromatic amines is 1. The number of likely N-dealkylation sites (tertiary alicyclic amines) is 1. The molecule has 1 aromatic rings. The fourth-order valence-electron chi connectivity index (χ4n) is 3.01. The molecule has 1 atom stereocenters. The molecule has 0 radical (unpaired) electrons. The molecular weight excluding hydrogens is 270 g/mol. The number of carbonyl (C=O) groups excluding carboxylic acids is 1. The van der Waals surface area contributed by atoms with Crippen molar-refractivity contribution in [3.8, 4) is 0 Å². The quantitative estimate of drug-likeness (QED) is 0.867. The van der Waals surface area contributed by atoms with Gasteiger partial charge in [-0.05, 0) is 39.5 Å². The maximum Gasteiger partial charge on any atom is 0.303 e. The van der Waals surface area contributed by atoms with Gasteiger partial charge in [0.15, 0.2) is 0 Å². The van der Waals surface area contributed by atoms with Gasteiger partial charge in [0.2, 0.25) is 5.91 Å². The normalized spacial score (nSPS) is 18.8. The summed E-state index contributed by atoms with van der Waals surface area (Å²) in [5.74, 6) is -0.716. The largest absolute Gasteiger partial charge is 0.481 e. The molecule has 0 spiro atoms. The summed E-state index contributed by atoms with van der Waals surface area (Å²) in [7, 11) is 0. The Balaban J connectivity index is 2.03. The van der Waals surface area contributed by atoms with Gasteiger partial charge in [-0.1, -0.05) is 0 Å². The van der Waals surface area contributed by atoms with Gasteiger partial charge in [0, 0.05) is 30.3 Å². The molecule has 6 nitrogen and oxygen atoms in total. The van der Waals surface area contributed by atoms with Crippen LogP contribution in [0.5, 0.6) is 0 Å². The first kappa shape index (κ1) is 15.5. The van der Waals surface area contributed by atoms with Crippen molar-refractivity contribution in [1.82, 2.24) is 15.1 Å². The first-order chi connectivity index (χ1) is 9.99. The van der Waals surface area contributed by atoms with Crippen LogP contribution in [0.2, 0.25) is 0 Å². The number of aromatic nitrogens is 2. The first-order valence-electron chi connectivity index (χ1n) is 7.50. The van der Waals surface area contributed by atoms with E-state index in [2.05, 4.69) is 10.2 Å². The van der Waals surface area contributed by atoms with Gasteiger partial charge in [-0.2, -0.15) is 5.10 Å². The number of hydrogen-bond acceptors (Lipinski definition) is 3. The summed E-state index contributed by atoms with van der Waals surface area (Å²) >= 11 is 0. The van der Waals surface area contributed by atoms with Gasteiger partial charge in [-0.15, -0.1) is 0 Å². The van der Waals surface area contributed by atoms with Crippen LogP contribution in [-0.4, -0.2) is 44.7 Å². The molecule has 2 heterocycles. The molecule has 116 valence electrons. The molecule has 21 heavy (non-hydrogen) atoms. The molecule has 0 aromatic carbocycles. The Morgan fingerprint density at radius 2 is 2.14 bits per heavy atom. The van der Waals surface area contributed by atoms with E-state index < -0.39 is 5.97 Å². The number of rotatable bonds is 5. The molecule has 1 aliphatic heterocycles. The molecule has 1 aromatic heterocycles. The van der Waals surface area contributed by atoms with Crippen LogP contribution >= 0.6 is 0 Å². The summed E-state index contributed by atoms with van der Waals surface area (Å²) in [6, 6.07) is 0.0647. The van der Waals surface area contributed by atoms with E-state index in [-0.39, 0.29) is 18.4 Å². The van der Waals surface area contributed by atoms with E-state index in [1.807, 2.05) is 18.7 Å². The number of nitrogens with one attached hydrogen (secondary N) is 1. The fourth-order valence-corrected chi connectivity index (χ4v) is 3.01. The zero-order valence-corrected chi connectivity index (χ0v) is 12.7. The summed E-state index contributed by atoms with van der Waals surface area (Å²) < 4.78 is 0. The molecule has 1 aliphatic rings. The van der Waals surface area contributed by atoms with Crippen LogP contribution in [0.1, 0.15) is 49.1 Å². The molecular formula is C15H23N3O3. The minimum atomic E-state index is -0.797. The molecule has 0 bridgehead atoms. The zero-order valence-electron chi connectivity index (χ0n) is 12.7. The Morgan fingerprint density at radius 3 is 2.76 bits per heavy atom. The van der Waals surface area contributed by atoms with Crippen molar-refractivity contribution < 1.29 is 14.7 Å². The number of amides is 1. The highest BCUT2D eigenvalue weighted by atomic mass is 16.4. The molecule has 1 fully saturated rings. The lowest BCUT2D eigenvalue weighted by Crippen LogP contribution is -2.44. The van der Waals surface area contributed by atoms with Crippen molar-refractivity contribution in [2.24, 2.45) is 0 Å². The summed E-state index contributed by atoms with van der Waals surface area (Å²) in [6.07, 6.45) is 3.99. The van der Waals surface area contributed by atoms with Crippen molar-refractivity contribution in [3.05, 3.63) is 17.0 Å². The molecule has 0 saturated carbocycles. The van der Waals surface area contributed by atoms with Gasteiger partial charge >= 0.3 is 5.97 Å². The highest BCUT2D eigenvalue weighted by molar-refractivity contribution is 5.79. The van der Waals surface area contributed by atoms with Crippen LogP contribution in [-0.2, 0) is 16.0 Å². The minimum Gasteiger partial charge on any atom is -0.481 e. The number of hydrogen-bond donors (Lipinski definition) is 2. The topological polar surface area (TPSA) is 86.3 Å². The first-order valence-corrected chi connectivity index (χ1v) is 7.50. The lowest BCUT2D eigenvalue weighted by molar-refractivity contribution is -0.139. The van der Waals surface area contributed by atoms with E-state index in [0.717, 1.165) is 42.8 Å². The second kappa shape index (κ2) is 6.74. The Morgan fingerprint density at radius 1 is 1.38 bits per heavy atom. The number of aryl methyl sites for hydroxylation is 2. The van der Waals surface area contributed by atoms with E-state index in [9.17, 15) is 9.59 Å². The fraction of sp³-hybridized carbons (Fsp3) is 0.667. The van der Waals surface area contributed by atoms with Crippen molar-refractivity contribution in [2.75, 3.05) is 6.54 Å². The highest BCUT2D eigenvalue weighted by Crippen LogP contribution is 2.22. The average Bonchev–Trinajstić information content (AvgIpc) is 2.77. The molecule has 2 rings (SSSR count). The number of nitrogens with zero attached hydrogens (tertiary/aromatic N) is 2. The van der Waals surface area contributed by atoms with E-state index >= 15 is 0 Å². The van der Waals surface area contributed by atoms with Crippen LogP contribution in [0.25, 0.3) is 0 Å². The third kappa shape index (κ3) is 3.83. The van der Waals surface area contributed by atoms with Gasteiger partial charge < -0.3 is 10.0 Å². The number of carboxylic acids is 1. The van der Waals surface area contributed by atoms with Gasteiger partial charge in [-0.3, -0.25) is 14.7 Å². The molecule has 2 N–H and O–H groups in total. The van der Waals surface area contributed by atoms with Crippen LogP contribution in [0.3, 0.4) is 0 Å². The maximum absolute atomic E-state index is 12.6. The van der Waals surface area contributed by atoms with Crippen molar-refractivity contribution in [1.29, 1.82) is 0 Å². The van der Waals surface area contributed by atoms with Gasteiger partial charge in [0.25, 0.3) is 0 Å². The van der Waals surface area contributed by atoms with Gasteiger partial charge in [-0.25, -0.2) is 0 Å². The van der Waals surface area contributed by atoms with Crippen molar-refractivity contribution in [3.63, 3.8) is 0 Å². The number of aliphatic carboxylic acids is 1. The third-order valence-electron chi connectivity index (χ3n) is 4.25. The Hall–Kier alpha value is -1.85. The van der Waals surface area contributed by atoms with Crippen molar-refractivity contribution in [2.45, 2.75) is 58.4 Å². The highest BCUT2D eigenvalue weighted by Gasteiger charge is 2.27. The van der Waals surface area contributed by atoms with E-state index in [1.165, 1.54) is 0 Å². The third-order valence-corrected chi connectivity index (χ3v) is 4.25. The monoisotopic (exact) mass is 293 g/mol. The van der Waals surface area contributed by atoms with Crippen LogP contribution in [0.15, 0.2) is 0 Å². The lowest BCUT2D eigenvalue weighted by atomic mass is 9.96. The van der Waals surface area contributed by atoms with E-state index in [0.29, 0.717) is 12.8 Å². The van der Waals surface area contributed by atoms with E-state index in [4.69, 9.17) is 5.11 Å². The summed E-state index contributed by atoms with van der Waals surface area (Å²) in [6.45, 7) is 4.55. The van der Waals surface area contributed by atoms with Gasteiger partial charge in [0.05, 0.1) is 12.1 Å². The maximum atomic E-state index is 12.6. The Bertz CT molecular complexity index is 505. The Kier molecular flexibility index (Phi) is 4.98. The molecule has 1 saturated heterocycles. The lowest BCUT2D eigenvalue weighted by Gasteiger charge is -2.35. The minimum absolute atomic E-state index is 0.0647. The summed E-state index contributed by atoms with van der Waals surface area (Å²) in [5, 5.41) is 15.9. The number of H-pyrrole nitrogens is 1. The predicted octanol–water partition coefficient (Wildman–Crippen LogP) is 1.81. The number of carbonyl (C=O) groups is 2. The SMILES string of the molecule is Cc1n[nH]c(C)c1CC(=O)N1CCCCC1CCC(=O)O. The molecule has 0 aliphatic carbocycles. The van der Waals surface area contributed by atoms with Crippen LogP contribution in [0.4, 0.5) is 0 Å². The Labute approximate surface area is 124 Å². The number of piperidine rings is 1. The molecule has 1 unspecified atom stereocenters. The van der Waals surface area contributed by atoms with E-state index in [1.54, 1.807) is 0 Å². The average molecular weight is 293 g/mol. The zero-order chi connectivity index (χ0) is 15.4. The molecule has 1 amide bonds. The van der Waals surface area contributed by atoms with Crippen molar-refractivity contribution >= 4 is 11.9 Å². The van der Waals surface area contributed by atoms with Crippen LogP contribution < -0.4 is 0 Å². The second-order valence-corrected chi connectivity index (χ2v) is 5.76. The smallest absolute Gasteiger partial charge is 0.303 e. The second-order valence-electron chi connectivity index (χ2n) is 5.76. The predicted molar refractivity (Wildman–Crippen MR) is 78.0 cm³/mol. The van der Waals surface area contributed by atoms with Gasteiger partial charge in [0.1, 0.15) is 0 Å². The van der Waals surface area contributed by atoms with Crippen LogP contribution in [0, 0.1) is 13.8 Å². The number of carboxylic acid groups (broad SMARTS) is 1. The standard InChI is InChI=1S/C15H23N3O3/c1-10-13(11(2)17-16-10)9-14(19)18-8-4-3-5-12(18)6-7-15(20)21/h12H,3-9H2,1-2H3,(H,16,17)(H,20,21).